The molecule has 0 saturated heterocycles. The molecule has 0 amide bonds. The van der Waals surface area contributed by atoms with Gasteiger partial charge >= 0.3 is 0 Å². The van der Waals surface area contributed by atoms with Gasteiger partial charge in [0.05, 0.1) is 0 Å². The van der Waals surface area contributed by atoms with Crippen LogP contribution in [0.4, 0.5) is 0 Å². The molecule has 0 aromatic heterocycles. The average Bonchev–Trinajstić information content (AvgIpc) is 2.33. The van der Waals surface area contributed by atoms with Crippen molar-refractivity contribution in [3.05, 3.63) is 67.8 Å². The zero-order valence-corrected chi connectivity index (χ0v) is 14.6. The van der Waals surface area contributed by atoms with Crippen LogP contribution in [0.5, 0.6) is 0 Å². The van der Waals surface area contributed by atoms with Crippen LogP contribution in [-0.4, -0.2) is 0 Å². The molecular formula is C15H18I2. The number of halogens is 2. The summed E-state index contributed by atoms with van der Waals surface area (Å²) in [4.78, 5) is 0. The molecular weight excluding hydrogens is 434 g/mol. The smallest absolute Gasteiger partial charge is 0.0130 e. The second kappa shape index (κ2) is 12.4. The van der Waals surface area contributed by atoms with Gasteiger partial charge in [0, 0.05) is 7.14 Å². The molecule has 0 saturated carbocycles. The molecule has 17 heavy (non-hydrogen) atoms. The fraction of sp³-hybridized carbons (Fsp3) is 0.200. The van der Waals surface area contributed by atoms with Gasteiger partial charge in [0.2, 0.25) is 0 Å². The van der Waals surface area contributed by atoms with Gasteiger partial charge in [0.25, 0.3) is 0 Å². The maximum absolute atomic E-state index is 2.28. The van der Waals surface area contributed by atoms with Gasteiger partial charge in [-0.15, -0.1) is 0 Å². The minimum Gasteiger partial charge on any atom is -0.0656 e. The molecule has 0 nitrogen and oxygen atoms in total. The first kappa shape index (κ1) is 16.9. The van der Waals surface area contributed by atoms with E-state index in [0.29, 0.717) is 0 Å². The van der Waals surface area contributed by atoms with Gasteiger partial charge in [-0.05, 0) is 69.4 Å². The molecule has 2 rings (SSSR count). The van der Waals surface area contributed by atoms with Gasteiger partial charge in [-0.2, -0.15) is 0 Å². The van der Waals surface area contributed by atoms with Gasteiger partial charge in [-0.25, -0.2) is 0 Å². The minimum absolute atomic E-state index is 1.25. The van der Waals surface area contributed by atoms with Crippen molar-refractivity contribution in [2.75, 3.05) is 0 Å². The van der Waals surface area contributed by atoms with Crippen LogP contribution in [0.3, 0.4) is 0 Å². The molecule has 0 aliphatic rings. The van der Waals surface area contributed by atoms with E-state index >= 15 is 0 Å². The van der Waals surface area contributed by atoms with Gasteiger partial charge < -0.3 is 0 Å². The van der Waals surface area contributed by atoms with E-state index in [0.717, 1.165) is 0 Å². The van der Waals surface area contributed by atoms with Crippen molar-refractivity contribution in [2.45, 2.75) is 20.3 Å². The van der Waals surface area contributed by atoms with Gasteiger partial charge in [-0.3, -0.25) is 0 Å². The van der Waals surface area contributed by atoms with Crippen molar-refractivity contribution >= 4 is 45.2 Å². The molecule has 0 aliphatic heterocycles. The molecule has 92 valence electrons. The maximum Gasteiger partial charge on any atom is 0.0130 e. The van der Waals surface area contributed by atoms with Crippen LogP contribution in [0.2, 0.25) is 0 Å². The molecule has 0 spiro atoms. The lowest BCUT2D eigenvalue weighted by atomic mass is 10.4. The van der Waals surface area contributed by atoms with Crippen LogP contribution < -0.4 is 0 Å². The molecule has 0 heterocycles. The van der Waals surface area contributed by atoms with Crippen LogP contribution in [-0.2, 0) is 0 Å². The Balaban J connectivity index is 0.000000247. The molecule has 0 atom stereocenters. The van der Waals surface area contributed by atoms with E-state index in [-0.39, 0.29) is 0 Å². The molecule has 0 unspecified atom stereocenters. The zero-order valence-electron chi connectivity index (χ0n) is 10.2. The third-order valence-electron chi connectivity index (χ3n) is 1.47. The van der Waals surface area contributed by atoms with Crippen molar-refractivity contribution in [1.29, 1.82) is 0 Å². The summed E-state index contributed by atoms with van der Waals surface area (Å²) in [7, 11) is 0. The summed E-state index contributed by atoms with van der Waals surface area (Å²) in [5.74, 6) is 0. The van der Waals surface area contributed by atoms with E-state index in [1.165, 1.54) is 13.6 Å². The highest BCUT2D eigenvalue weighted by atomic mass is 127. The van der Waals surface area contributed by atoms with Crippen molar-refractivity contribution in [3.8, 4) is 0 Å². The first-order chi connectivity index (χ1) is 8.20. The van der Waals surface area contributed by atoms with Gasteiger partial charge in [-0.1, -0.05) is 56.7 Å². The Labute approximate surface area is 132 Å². The van der Waals surface area contributed by atoms with E-state index in [4.69, 9.17) is 0 Å². The SMILES string of the molecule is CCC.Ic1ccccc1.Ic1ccccc1. The van der Waals surface area contributed by atoms with E-state index in [2.05, 4.69) is 83.3 Å². The van der Waals surface area contributed by atoms with Crippen molar-refractivity contribution in [1.82, 2.24) is 0 Å². The average molecular weight is 452 g/mol. The summed E-state index contributed by atoms with van der Waals surface area (Å²) in [6, 6.07) is 20.4. The lowest BCUT2D eigenvalue weighted by Crippen LogP contribution is -1.61. The lowest BCUT2D eigenvalue weighted by molar-refractivity contribution is 1.09. The lowest BCUT2D eigenvalue weighted by Gasteiger charge is -1.80. The van der Waals surface area contributed by atoms with Crippen LogP contribution in [0.15, 0.2) is 60.7 Å². The van der Waals surface area contributed by atoms with E-state index < -0.39 is 0 Å². The highest BCUT2D eigenvalue weighted by molar-refractivity contribution is 14.1. The summed E-state index contributed by atoms with van der Waals surface area (Å²) in [5.41, 5.74) is 0. The second-order valence-corrected chi connectivity index (χ2v) is 5.79. The molecule has 2 heteroatoms. The predicted octanol–water partition coefficient (Wildman–Crippen LogP) is 6.00. The molecule has 0 bridgehead atoms. The van der Waals surface area contributed by atoms with E-state index in [9.17, 15) is 0 Å². The second-order valence-electron chi connectivity index (χ2n) is 3.30. The molecule has 0 N–H and O–H groups in total. The molecule has 2 aromatic rings. The summed E-state index contributed by atoms with van der Waals surface area (Å²) in [6.07, 6.45) is 1.25. The topological polar surface area (TPSA) is 0 Å². The Morgan fingerprint density at radius 1 is 0.647 bits per heavy atom. The first-order valence-electron chi connectivity index (χ1n) is 5.61. The number of benzene rings is 2. The number of rotatable bonds is 0. The Kier molecular flexibility index (Phi) is 12.3. The quantitative estimate of drug-likeness (QED) is 0.431. The summed E-state index contributed by atoms with van der Waals surface area (Å²) in [5, 5.41) is 0. The van der Waals surface area contributed by atoms with Crippen molar-refractivity contribution in [3.63, 3.8) is 0 Å². The van der Waals surface area contributed by atoms with Crippen LogP contribution in [0.25, 0.3) is 0 Å². The number of hydrogen-bond acceptors (Lipinski definition) is 0. The summed E-state index contributed by atoms with van der Waals surface area (Å²) in [6.45, 7) is 4.25. The highest BCUT2D eigenvalue weighted by Crippen LogP contribution is 2.00. The normalized spacial score (nSPS) is 8.24. The standard InChI is InChI=1S/2C6H5I.C3H8/c2*7-6-4-2-1-3-5-6;1-3-2/h2*1-5H;3H2,1-2H3. The monoisotopic (exact) mass is 452 g/mol. The van der Waals surface area contributed by atoms with Crippen LogP contribution in [0, 0.1) is 7.14 Å². The Bertz CT molecular complexity index is 320. The Morgan fingerprint density at radius 2 is 0.882 bits per heavy atom. The third-order valence-corrected chi connectivity index (χ3v) is 2.90. The van der Waals surface area contributed by atoms with E-state index in [1.54, 1.807) is 0 Å². The maximum atomic E-state index is 2.28. The number of hydrogen-bond donors (Lipinski definition) is 0. The summed E-state index contributed by atoms with van der Waals surface area (Å²) < 4.78 is 2.58. The summed E-state index contributed by atoms with van der Waals surface area (Å²) >= 11 is 4.56. The minimum atomic E-state index is 1.25. The first-order valence-corrected chi connectivity index (χ1v) is 7.77. The van der Waals surface area contributed by atoms with E-state index in [1.807, 2.05) is 36.4 Å². The fourth-order valence-corrected chi connectivity index (χ4v) is 1.66. The Hall–Kier alpha value is -0.100. The predicted molar refractivity (Wildman–Crippen MR) is 94.3 cm³/mol. The zero-order chi connectivity index (χ0) is 12.9. The fourth-order valence-electron chi connectivity index (χ4n) is 0.829. The Morgan fingerprint density at radius 3 is 1.00 bits per heavy atom. The van der Waals surface area contributed by atoms with Crippen LogP contribution >= 0.6 is 45.2 Å². The molecule has 0 radical (unpaired) electrons. The molecule has 0 fully saturated rings. The largest absolute Gasteiger partial charge is 0.0656 e. The molecule has 0 aliphatic carbocycles. The third kappa shape index (κ3) is 12.2. The van der Waals surface area contributed by atoms with Crippen molar-refractivity contribution < 1.29 is 0 Å². The van der Waals surface area contributed by atoms with Gasteiger partial charge in [0.15, 0.2) is 0 Å². The van der Waals surface area contributed by atoms with Crippen LogP contribution in [0.1, 0.15) is 20.3 Å². The van der Waals surface area contributed by atoms with Crippen molar-refractivity contribution in [2.24, 2.45) is 0 Å². The molecule has 2 aromatic carbocycles. The highest BCUT2D eigenvalue weighted by Gasteiger charge is 1.74. The van der Waals surface area contributed by atoms with Gasteiger partial charge in [0.1, 0.15) is 0 Å².